The molecule has 0 aliphatic rings. The second-order valence-corrected chi connectivity index (χ2v) is 8.89. The van der Waals surface area contributed by atoms with E-state index in [9.17, 15) is 4.79 Å². The number of hydrogen-bond donors (Lipinski definition) is 0. The van der Waals surface area contributed by atoms with E-state index in [1.807, 2.05) is 70.4 Å². The molecule has 0 unspecified atom stereocenters. The van der Waals surface area contributed by atoms with Gasteiger partial charge in [-0.15, -0.1) is 0 Å². The number of thiazole rings is 1. The van der Waals surface area contributed by atoms with E-state index in [1.165, 1.54) is 11.3 Å². The first-order valence-electron chi connectivity index (χ1n) is 10.4. The fraction of sp³-hybridized carbons (Fsp3) is 0.292. The minimum absolute atomic E-state index is 0.109. The molecular weight excluding hydrogens is 422 g/mol. The van der Waals surface area contributed by atoms with Crippen molar-refractivity contribution in [3.63, 3.8) is 0 Å². The lowest BCUT2D eigenvalue weighted by Gasteiger charge is -2.21. The number of methoxy groups -OCH3 is 1. The number of aromatic nitrogens is 3. The highest BCUT2D eigenvalue weighted by atomic mass is 32.1. The predicted molar refractivity (Wildman–Crippen MR) is 129 cm³/mol. The number of rotatable bonds is 7. The molecule has 4 aromatic rings. The highest BCUT2D eigenvalue weighted by Crippen LogP contribution is 2.37. The molecule has 7 nitrogen and oxygen atoms in total. The second kappa shape index (κ2) is 9.10. The standard InChI is InChI=1S/C24H27N5O2S/c1-16-11-12-20(31-5)21-22(16)32-24(26-21)28(14-13-27(3)4)23(30)19-15-25-29(17(19)2)18-9-7-6-8-10-18/h6-12,15H,13-14H2,1-5H3. The third kappa shape index (κ3) is 4.11. The van der Waals surface area contributed by atoms with E-state index < -0.39 is 0 Å². The molecular formula is C24H27N5O2S. The van der Waals surface area contributed by atoms with E-state index in [2.05, 4.69) is 10.00 Å². The maximum absolute atomic E-state index is 13.7. The van der Waals surface area contributed by atoms with Crippen LogP contribution in [0, 0.1) is 13.8 Å². The summed E-state index contributed by atoms with van der Waals surface area (Å²) >= 11 is 1.51. The van der Waals surface area contributed by atoms with Crippen LogP contribution in [0.4, 0.5) is 5.13 Å². The lowest BCUT2D eigenvalue weighted by Crippen LogP contribution is -2.37. The normalized spacial score (nSPS) is 11.3. The molecule has 32 heavy (non-hydrogen) atoms. The van der Waals surface area contributed by atoms with Crippen molar-refractivity contribution in [2.24, 2.45) is 0 Å². The number of ether oxygens (including phenoxy) is 1. The van der Waals surface area contributed by atoms with Crippen LogP contribution in [0.1, 0.15) is 21.6 Å². The number of amides is 1. The summed E-state index contributed by atoms with van der Waals surface area (Å²) < 4.78 is 8.33. The van der Waals surface area contributed by atoms with Gasteiger partial charge in [-0.25, -0.2) is 9.67 Å². The van der Waals surface area contributed by atoms with E-state index in [0.717, 1.165) is 27.2 Å². The largest absolute Gasteiger partial charge is 0.494 e. The Morgan fingerprint density at radius 1 is 1.09 bits per heavy atom. The molecule has 0 N–H and O–H groups in total. The van der Waals surface area contributed by atoms with Gasteiger partial charge in [0.15, 0.2) is 5.13 Å². The van der Waals surface area contributed by atoms with Crippen molar-refractivity contribution in [3.05, 3.63) is 65.5 Å². The van der Waals surface area contributed by atoms with Crippen LogP contribution < -0.4 is 9.64 Å². The monoisotopic (exact) mass is 449 g/mol. The van der Waals surface area contributed by atoms with E-state index in [0.29, 0.717) is 29.5 Å². The number of aryl methyl sites for hydroxylation is 1. The number of benzene rings is 2. The smallest absolute Gasteiger partial charge is 0.263 e. The molecule has 0 fully saturated rings. The molecule has 8 heteroatoms. The molecule has 2 heterocycles. The average molecular weight is 450 g/mol. The van der Waals surface area contributed by atoms with Crippen molar-refractivity contribution in [1.82, 2.24) is 19.7 Å². The van der Waals surface area contributed by atoms with Crippen LogP contribution in [0.25, 0.3) is 15.9 Å². The molecule has 0 aliphatic heterocycles. The number of nitrogens with zero attached hydrogens (tertiary/aromatic N) is 5. The second-order valence-electron chi connectivity index (χ2n) is 7.91. The summed E-state index contributed by atoms with van der Waals surface area (Å²) in [6.07, 6.45) is 1.65. The Balaban J connectivity index is 1.76. The molecule has 0 spiro atoms. The first-order valence-corrected chi connectivity index (χ1v) is 11.2. The van der Waals surface area contributed by atoms with Crippen LogP contribution in [0.5, 0.6) is 5.75 Å². The quantitative estimate of drug-likeness (QED) is 0.421. The summed E-state index contributed by atoms with van der Waals surface area (Å²) in [5, 5.41) is 5.14. The summed E-state index contributed by atoms with van der Waals surface area (Å²) in [4.78, 5) is 22.4. The van der Waals surface area contributed by atoms with Gasteiger partial charge in [-0.05, 0) is 51.7 Å². The zero-order chi connectivity index (χ0) is 22.8. The summed E-state index contributed by atoms with van der Waals surface area (Å²) in [7, 11) is 5.62. The van der Waals surface area contributed by atoms with Gasteiger partial charge in [0, 0.05) is 13.1 Å². The van der Waals surface area contributed by atoms with Gasteiger partial charge in [-0.1, -0.05) is 35.6 Å². The Morgan fingerprint density at radius 3 is 2.53 bits per heavy atom. The molecule has 0 radical (unpaired) electrons. The van der Waals surface area contributed by atoms with Crippen LogP contribution in [-0.2, 0) is 0 Å². The first-order chi connectivity index (χ1) is 15.4. The van der Waals surface area contributed by atoms with E-state index >= 15 is 0 Å². The summed E-state index contributed by atoms with van der Waals surface area (Å²) in [6.45, 7) is 5.19. The third-order valence-corrected chi connectivity index (χ3v) is 6.61. The maximum atomic E-state index is 13.7. The fourth-order valence-corrected chi connectivity index (χ4v) is 4.63. The van der Waals surface area contributed by atoms with Gasteiger partial charge >= 0.3 is 0 Å². The number of carbonyl (C=O) groups excluding carboxylic acids is 1. The van der Waals surface area contributed by atoms with Crippen LogP contribution >= 0.6 is 11.3 Å². The Bertz CT molecular complexity index is 1250. The Labute approximate surface area is 191 Å². The van der Waals surface area contributed by atoms with Gasteiger partial charge < -0.3 is 9.64 Å². The number of anilines is 1. The Morgan fingerprint density at radius 2 is 1.84 bits per heavy atom. The summed E-state index contributed by atoms with van der Waals surface area (Å²) in [5.74, 6) is 0.600. The van der Waals surface area contributed by atoms with Gasteiger partial charge in [0.05, 0.1) is 35.0 Å². The van der Waals surface area contributed by atoms with Gasteiger partial charge in [-0.2, -0.15) is 5.10 Å². The van der Waals surface area contributed by atoms with Crippen molar-refractivity contribution in [2.75, 3.05) is 39.2 Å². The van der Waals surface area contributed by atoms with Gasteiger partial charge in [0.25, 0.3) is 5.91 Å². The number of fused-ring (bicyclic) bond motifs is 1. The fourth-order valence-electron chi connectivity index (χ4n) is 3.56. The highest BCUT2D eigenvalue weighted by Gasteiger charge is 2.26. The van der Waals surface area contributed by atoms with E-state index in [4.69, 9.17) is 9.72 Å². The molecule has 0 saturated carbocycles. The lowest BCUT2D eigenvalue weighted by molar-refractivity contribution is 0.0984. The molecule has 2 aromatic heterocycles. The Kier molecular flexibility index (Phi) is 6.25. The minimum atomic E-state index is -0.109. The molecule has 166 valence electrons. The SMILES string of the molecule is COc1ccc(C)c2sc(N(CCN(C)C)C(=O)c3cnn(-c4ccccc4)c3C)nc12. The van der Waals surface area contributed by atoms with Crippen LogP contribution in [0.3, 0.4) is 0 Å². The summed E-state index contributed by atoms with van der Waals surface area (Å²) in [6, 6.07) is 13.8. The predicted octanol–water partition coefficient (Wildman–Crippen LogP) is 4.32. The van der Waals surface area contributed by atoms with Gasteiger partial charge in [-0.3, -0.25) is 9.69 Å². The third-order valence-electron chi connectivity index (χ3n) is 5.40. The van der Waals surface area contributed by atoms with Crippen LogP contribution in [0.15, 0.2) is 48.7 Å². The van der Waals surface area contributed by atoms with Crippen molar-refractivity contribution in [2.45, 2.75) is 13.8 Å². The van der Waals surface area contributed by atoms with Gasteiger partial charge in [0.1, 0.15) is 11.3 Å². The number of para-hydroxylation sites is 1. The number of hydrogen-bond acceptors (Lipinski definition) is 6. The van der Waals surface area contributed by atoms with Crippen LogP contribution in [-0.4, -0.2) is 59.9 Å². The molecule has 2 aromatic carbocycles. The van der Waals surface area contributed by atoms with Crippen molar-refractivity contribution < 1.29 is 9.53 Å². The maximum Gasteiger partial charge on any atom is 0.263 e. The lowest BCUT2D eigenvalue weighted by atomic mass is 10.2. The topological polar surface area (TPSA) is 63.5 Å². The molecule has 1 amide bonds. The molecule has 0 bridgehead atoms. The van der Waals surface area contributed by atoms with Crippen LogP contribution in [0.2, 0.25) is 0 Å². The number of carbonyl (C=O) groups is 1. The van der Waals surface area contributed by atoms with Gasteiger partial charge in [0.2, 0.25) is 0 Å². The minimum Gasteiger partial charge on any atom is -0.494 e. The molecule has 0 saturated heterocycles. The van der Waals surface area contributed by atoms with Crippen molar-refractivity contribution in [3.8, 4) is 11.4 Å². The Hall–Kier alpha value is -3.23. The zero-order valence-electron chi connectivity index (χ0n) is 19.0. The molecule has 4 rings (SSSR count). The highest BCUT2D eigenvalue weighted by molar-refractivity contribution is 7.22. The zero-order valence-corrected chi connectivity index (χ0v) is 19.8. The van der Waals surface area contributed by atoms with Crippen molar-refractivity contribution in [1.29, 1.82) is 0 Å². The van der Waals surface area contributed by atoms with Crippen molar-refractivity contribution >= 4 is 32.6 Å². The molecule has 0 aliphatic carbocycles. The van der Waals surface area contributed by atoms with E-state index in [1.54, 1.807) is 22.9 Å². The number of likely N-dealkylation sites (N-methyl/N-ethyl adjacent to an activating group) is 1. The molecule has 0 atom stereocenters. The average Bonchev–Trinajstić information content (AvgIpc) is 3.39. The van der Waals surface area contributed by atoms with E-state index in [-0.39, 0.29) is 5.91 Å². The summed E-state index contributed by atoms with van der Waals surface area (Å²) in [5.41, 5.74) is 4.18. The first kappa shape index (κ1) is 22.0.